The molecule has 1 aliphatic heterocycles. The molecule has 0 atom stereocenters. The van der Waals surface area contributed by atoms with Gasteiger partial charge < -0.3 is 9.64 Å². The highest BCUT2D eigenvalue weighted by molar-refractivity contribution is 5.95. The number of amides is 1. The summed E-state index contributed by atoms with van der Waals surface area (Å²) < 4.78 is 45.2. The normalized spacial score (nSPS) is 15.3. The second kappa shape index (κ2) is 10.5. The molecule has 3 rings (SSSR count). The maximum Gasteiger partial charge on any atom is 0.417 e. The van der Waals surface area contributed by atoms with Gasteiger partial charge in [0, 0.05) is 45.1 Å². The summed E-state index contributed by atoms with van der Waals surface area (Å²) in [5, 5.41) is 0. The van der Waals surface area contributed by atoms with Gasteiger partial charge in [-0.25, -0.2) is 0 Å². The highest BCUT2D eigenvalue weighted by Crippen LogP contribution is 2.32. The molecule has 0 aliphatic carbocycles. The van der Waals surface area contributed by atoms with Gasteiger partial charge in [0.15, 0.2) is 0 Å². The molecule has 1 aliphatic rings. The number of nitrogens with zero attached hydrogens (tertiary/aromatic N) is 3. The smallest absolute Gasteiger partial charge is 0.417 e. The third-order valence-electron chi connectivity index (χ3n) is 4.65. The number of alkyl halides is 3. The average Bonchev–Trinajstić information content (AvgIpc) is 2.93. The molecule has 158 valence electrons. The van der Waals surface area contributed by atoms with E-state index in [1.165, 1.54) is 4.90 Å². The Hall–Kier alpha value is -2.32. The Kier molecular flexibility index (Phi) is 8.28. The molecule has 0 radical (unpaired) electrons. The van der Waals surface area contributed by atoms with Crippen LogP contribution in [0.3, 0.4) is 0 Å². The molecule has 0 bridgehead atoms. The van der Waals surface area contributed by atoms with E-state index in [9.17, 15) is 18.0 Å². The van der Waals surface area contributed by atoms with Crippen LogP contribution >= 0.6 is 12.4 Å². The van der Waals surface area contributed by atoms with Gasteiger partial charge in [0.05, 0.1) is 11.1 Å². The topological polar surface area (TPSA) is 45.7 Å². The lowest BCUT2D eigenvalue weighted by molar-refractivity contribution is -0.138. The average molecular weight is 430 g/mol. The molecule has 2 heterocycles. The Labute approximate surface area is 173 Å². The lowest BCUT2D eigenvalue weighted by Gasteiger charge is -2.23. The Bertz CT molecular complexity index is 790. The summed E-state index contributed by atoms with van der Waals surface area (Å²) in [5.41, 5.74) is -1.33. The van der Waals surface area contributed by atoms with Gasteiger partial charge in [0.25, 0.3) is 5.91 Å². The quantitative estimate of drug-likeness (QED) is 0.726. The zero-order chi connectivity index (χ0) is 20.0. The molecule has 0 saturated carbocycles. The lowest BCUT2D eigenvalue weighted by Crippen LogP contribution is -2.37. The van der Waals surface area contributed by atoms with Crippen LogP contribution in [0.4, 0.5) is 13.2 Å². The SMILES string of the molecule is Cl.O=C(c1cnccc1C(F)(F)F)N1CCCN(CCOc2ccccc2)CC1. The maximum atomic E-state index is 13.2. The number of hydrogen-bond donors (Lipinski definition) is 0. The highest BCUT2D eigenvalue weighted by Gasteiger charge is 2.36. The number of benzene rings is 1. The standard InChI is InChI=1S/C20H22F3N3O2.ClH/c21-20(22,23)18-7-8-24-15-17(18)19(27)26-10-4-9-25(11-12-26)13-14-28-16-5-2-1-3-6-16;/h1-3,5-8,15H,4,9-14H2;1H. The van der Waals surface area contributed by atoms with E-state index in [1.54, 1.807) is 0 Å². The lowest BCUT2D eigenvalue weighted by atomic mass is 10.1. The van der Waals surface area contributed by atoms with Gasteiger partial charge in [-0.15, -0.1) is 12.4 Å². The first kappa shape index (κ1) is 23.0. The van der Waals surface area contributed by atoms with Gasteiger partial charge >= 0.3 is 6.18 Å². The number of carbonyl (C=O) groups is 1. The summed E-state index contributed by atoms with van der Waals surface area (Å²) in [5.74, 6) is 0.174. The molecule has 0 spiro atoms. The zero-order valence-electron chi connectivity index (χ0n) is 15.8. The van der Waals surface area contributed by atoms with E-state index >= 15 is 0 Å². The van der Waals surface area contributed by atoms with E-state index in [0.29, 0.717) is 39.2 Å². The predicted molar refractivity (Wildman–Crippen MR) is 105 cm³/mol. The van der Waals surface area contributed by atoms with Crippen molar-refractivity contribution in [3.05, 3.63) is 59.9 Å². The summed E-state index contributed by atoms with van der Waals surface area (Å²) in [6.07, 6.45) is -1.84. The van der Waals surface area contributed by atoms with Gasteiger partial charge in [0.2, 0.25) is 0 Å². The van der Waals surface area contributed by atoms with Crippen LogP contribution in [0, 0.1) is 0 Å². The molecule has 9 heteroatoms. The number of ether oxygens (including phenoxy) is 1. The van der Waals surface area contributed by atoms with Crippen LogP contribution in [-0.4, -0.2) is 60.0 Å². The second-order valence-corrected chi connectivity index (χ2v) is 6.57. The van der Waals surface area contributed by atoms with Gasteiger partial charge in [-0.1, -0.05) is 18.2 Å². The molecule has 1 saturated heterocycles. The largest absolute Gasteiger partial charge is 0.492 e. The van der Waals surface area contributed by atoms with E-state index in [1.807, 2.05) is 30.3 Å². The number of pyridine rings is 1. The van der Waals surface area contributed by atoms with Crippen molar-refractivity contribution in [3.63, 3.8) is 0 Å². The first-order valence-electron chi connectivity index (χ1n) is 9.16. The number of para-hydroxylation sites is 1. The van der Waals surface area contributed by atoms with Crippen LogP contribution in [0.5, 0.6) is 5.75 Å². The number of halogens is 4. The minimum Gasteiger partial charge on any atom is -0.492 e. The molecule has 1 amide bonds. The van der Waals surface area contributed by atoms with E-state index in [-0.39, 0.29) is 12.4 Å². The maximum absolute atomic E-state index is 13.2. The van der Waals surface area contributed by atoms with Gasteiger partial charge in [-0.3, -0.25) is 14.7 Å². The fourth-order valence-corrected chi connectivity index (χ4v) is 3.19. The first-order valence-corrected chi connectivity index (χ1v) is 9.16. The van der Waals surface area contributed by atoms with E-state index < -0.39 is 23.2 Å². The van der Waals surface area contributed by atoms with Gasteiger partial charge in [-0.2, -0.15) is 13.2 Å². The van der Waals surface area contributed by atoms with Crippen molar-refractivity contribution in [1.29, 1.82) is 0 Å². The molecule has 29 heavy (non-hydrogen) atoms. The van der Waals surface area contributed by atoms with Crippen LogP contribution in [0.2, 0.25) is 0 Å². The van der Waals surface area contributed by atoms with Crippen LogP contribution in [0.15, 0.2) is 48.8 Å². The van der Waals surface area contributed by atoms with Crippen LogP contribution < -0.4 is 4.74 Å². The summed E-state index contributed by atoms with van der Waals surface area (Å²) in [6, 6.07) is 10.3. The molecule has 1 aromatic heterocycles. The fourth-order valence-electron chi connectivity index (χ4n) is 3.19. The van der Waals surface area contributed by atoms with Crippen molar-refractivity contribution >= 4 is 18.3 Å². The summed E-state index contributed by atoms with van der Waals surface area (Å²) in [7, 11) is 0. The third-order valence-corrected chi connectivity index (χ3v) is 4.65. The summed E-state index contributed by atoms with van der Waals surface area (Å²) >= 11 is 0. The monoisotopic (exact) mass is 429 g/mol. The number of hydrogen-bond acceptors (Lipinski definition) is 4. The molecule has 5 nitrogen and oxygen atoms in total. The fraction of sp³-hybridized carbons (Fsp3) is 0.400. The molecule has 2 aromatic rings. The number of rotatable bonds is 5. The first-order chi connectivity index (χ1) is 13.4. The van der Waals surface area contributed by atoms with Crippen molar-refractivity contribution in [2.45, 2.75) is 12.6 Å². The van der Waals surface area contributed by atoms with Crippen LogP contribution in [-0.2, 0) is 6.18 Å². The molecule has 0 unspecified atom stereocenters. The van der Waals surface area contributed by atoms with Crippen molar-refractivity contribution < 1.29 is 22.7 Å². The molecule has 0 N–H and O–H groups in total. The Morgan fingerprint density at radius 2 is 1.83 bits per heavy atom. The zero-order valence-corrected chi connectivity index (χ0v) is 16.6. The second-order valence-electron chi connectivity index (χ2n) is 6.57. The Morgan fingerprint density at radius 3 is 2.55 bits per heavy atom. The van der Waals surface area contributed by atoms with E-state index in [4.69, 9.17) is 4.74 Å². The number of carbonyl (C=O) groups excluding carboxylic acids is 1. The third kappa shape index (κ3) is 6.33. The molecule has 1 aromatic carbocycles. The van der Waals surface area contributed by atoms with Crippen molar-refractivity contribution in [2.24, 2.45) is 0 Å². The molecule has 1 fully saturated rings. The van der Waals surface area contributed by atoms with Crippen molar-refractivity contribution in [1.82, 2.24) is 14.8 Å². The van der Waals surface area contributed by atoms with E-state index in [0.717, 1.165) is 30.8 Å². The molecular formula is C20H23ClF3N3O2. The Balaban J connectivity index is 0.00000300. The minimum absolute atomic E-state index is 0. The predicted octanol–water partition coefficient (Wildman–Crippen LogP) is 3.75. The van der Waals surface area contributed by atoms with Crippen LogP contribution in [0.1, 0.15) is 22.3 Å². The minimum atomic E-state index is -4.58. The van der Waals surface area contributed by atoms with Crippen molar-refractivity contribution in [3.8, 4) is 5.75 Å². The highest BCUT2D eigenvalue weighted by atomic mass is 35.5. The van der Waals surface area contributed by atoms with E-state index in [2.05, 4.69) is 9.88 Å². The van der Waals surface area contributed by atoms with Crippen LogP contribution in [0.25, 0.3) is 0 Å². The van der Waals surface area contributed by atoms with Gasteiger partial charge in [0.1, 0.15) is 12.4 Å². The van der Waals surface area contributed by atoms with Crippen molar-refractivity contribution in [2.75, 3.05) is 39.3 Å². The summed E-state index contributed by atoms with van der Waals surface area (Å²) in [4.78, 5) is 20.0. The molecular weight excluding hydrogens is 407 g/mol. The Morgan fingerprint density at radius 1 is 1.07 bits per heavy atom. The summed E-state index contributed by atoms with van der Waals surface area (Å²) in [6.45, 7) is 3.35. The van der Waals surface area contributed by atoms with Gasteiger partial charge in [-0.05, 0) is 24.6 Å². The number of aromatic nitrogens is 1.